The van der Waals surface area contributed by atoms with E-state index in [1.807, 2.05) is 42.5 Å². The summed E-state index contributed by atoms with van der Waals surface area (Å²) in [5, 5.41) is 6.27. The number of carbonyl (C=O) groups is 2. The minimum Gasteiger partial charge on any atom is -0.454 e. The summed E-state index contributed by atoms with van der Waals surface area (Å²) in [7, 11) is 0. The molecule has 6 rings (SSSR count). The lowest BCUT2D eigenvalue weighted by atomic mass is 9.99. The number of aromatic nitrogens is 1. The van der Waals surface area contributed by atoms with E-state index < -0.39 is 0 Å². The lowest BCUT2D eigenvalue weighted by Gasteiger charge is -2.28. The Hall–Kier alpha value is -3.72. The Bertz CT molecular complexity index is 1310. The van der Waals surface area contributed by atoms with Gasteiger partial charge in [-0.15, -0.1) is 0 Å². The number of hydrazone groups is 1. The summed E-state index contributed by atoms with van der Waals surface area (Å²) < 4.78 is 11.8. The summed E-state index contributed by atoms with van der Waals surface area (Å²) >= 11 is 1.40. The van der Waals surface area contributed by atoms with Gasteiger partial charge >= 0.3 is 0 Å². The number of thiazole rings is 1. The Kier molecular flexibility index (Phi) is 3.87. The molecule has 9 heteroatoms. The Morgan fingerprint density at radius 1 is 1.10 bits per heavy atom. The zero-order valence-electron chi connectivity index (χ0n) is 16.5. The van der Waals surface area contributed by atoms with Crippen molar-refractivity contribution in [1.29, 1.82) is 0 Å². The topological polar surface area (TPSA) is 84.3 Å². The summed E-state index contributed by atoms with van der Waals surface area (Å²) in [6.07, 6.45) is 0.0738. The number of para-hydroxylation sites is 1. The molecule has 4 heterocycles. The molecule has 3 aliphatic heterocycles. The van der Waals surface area contributed by atoms with Gasteiger partial charge in [-0.05, 0) is 36.8 Å². The fourth-order valence-corrected chi connectivity index (χ4v) is 4.92. The predicted molar refractivity (Wildman–Crippen MR) is 115 cm³/mol. The van der Waals surface area contributed by atoms with Gasteiger partial charge in [0.2, 0.25) is 17.8 Å². The van der Waals surface area contributed by atoms with Crippen molar-refractivity contribution >= 4 is 44.2 Å². The first-order valence-corrected chi connectivity index (χ1v) is 10.6. The fraction of sp³-hybridized carbons (Fsp3) is 0.182. The zero-order chi connectivity index (χ0) is 21.1. The Labute approximate surface area is 181 Å². The number of hydrogen-bond donors (Lipinski definition) is 0. The summed E-state index contributed by atoms with van der Waals surface area (Å²) in [4.78, 5) is 32.3. The van der Waals surface area contributed by atoms with E-state index in [1.165, 1.54) is 16.3 Å². The van der Waals surface area contributed by atoms with Crippen LogP contribution in [0, 0.1) is 0 Å². The van der Waals surface area contributed by atoms with Gasteiger partial charge in [0, 0.05) is 5.70 Å². The number of allylic oxidation sites excluding steroid dienone is 1. The van der Waals surface area contributed by atoms with E-state index in [2.05, 4.69) is 10.1 Å². The van der Waals surface area contributed by atoms with Gasteiger partial charge in [0.25, 0.3) is 5.91 Å². The highest BCUT2D eigenvalue weighted by atomic mass is 32.1. The van der Waals surface area contributed by atoms with Crippen molar-refractivity contribution in [2.24, 2.45) is 5.10 Å². The van der Waals surface area contributed by atoms with Crippen molar-refractivity contribution in [1.82, 2.24) is 9.88 Å². The van der Waals surface area contributed by atoms with Crippen molar-refractivity contribution in [2.45, 2.75) is 19.9 Å². The van der Waals surface area contributed by atoms with E-state index in [1.54, 1.807) is 11.8 Å². The summed E-state index contributed by atoms with van der Waals surface area (Å²) in [5.41, 5.74) is 3.28. The van der Waals surface area contributed by atoms with Crippen LogP contribution in [0.15, 0.2) is 58.8 Å². The molecule has 31 heavy (non-hydrogen) atoms. The quantitative estimate of drug-likeness (QED) is 0.633. The highest BCUT2D eigenvalue weighted by molar-refractivity contribution is 7.22. The molecular weight excluding hydrogens is 416 g/mol. The minimum absolute atomic E-state index is 0.0738. The molecule has 0 N–H and O–H groups in total. The van der Waals surface area contributed by atoms with Crippen LogP contribution in [0.25, 0.3) is 10.2 Å². The van der Waals surface area contributed by atoms with Gasteiger partial charge in [-0.25, -0.2) is 4.98 Å². The van der Waals surface area contributed by atoms with Crippen LogP contribution in [0.2, 0.25) is 0 Å². The molecule has 3 aliphatic rings. The largest absolute Gasteiger partial charge is 0.454 e. The molecule has 0 unspecified atom stereocenters. The van der Waals surface area contributed by atoms with E-state index in [0.717, 1.165) is 15.8 Å². The monoisotopic (exact) mass is 432 g/mol. The molecule has 0 aliphatic carbocycles. The fourth-order valence-electron chi connectivity index (χ4n) is 4.00. The summed E-state index contributed by atoms with van der Waals surface area (Å²) in [5.74, 6) is 0.996. The first kappa shape index (κ1) is 18.1. The third-order valence-electron chi connectivity index (χ3n) is 5.54. The third kappa shape index (κ3) is 2.81. The van der Waals surface area contributed by atoms with Crippen molar-refractivity contribution in [3.05, 3.63) is 59.3 Å². The lowest BCUT2D eigenvalue weighted by Crippen LogP contribution is -2.37. The molecule has 0 saturated carbocycles. The van der Waals surface area contributed by atoms with Crippen LogP contribution >= 0.6 is 11.3 Å². The molecule has 0 radical (unpaired) electrons. The highest BCUT2D eigenvalue weighted by Crippen LogP contribution is 2.37. The van der Waals surface area contributed by atoms with E-state index in [-0.39, 0.29) is 25.0 Å². The molecule has 2 amide bonds. The Morgan fingerprint density at radius 2 is 1.94 bits per heavy atom. The van der Waals surface area contributed by atoms with Gasteiger partial charge < -0.3 is 14.4 Å². The predicted octanol–water partition coefficient (Wildman–Crippen LogP) is 3.43. The van der Waals surface area contributed by atoms with Crippen molar-refractivity contribution in [2.75, 3.05) is 11.8 Å². The lowest BCUT2D eigenvalue weighted by molar-refractivity contribution is -0.128. The number of carbonyl (C=O) groups excluding carboxylic acids is 2. The molecule has 1 aromatic heterocycles. The van der Waals surface area contributed by atoms with E-state index in [9.17, 15) is 9.59 Å². The number of rotatable bonds is 3. The number of hydrogen-bond acceptors (Lipinski definition) is 7. The van der Waals surface area contributed by atoms with Crippen LogP contribution in [0.1, 0.15) is 18.9 Å². The number of nitrogens with zero attached hydrogens (tertiary/aromatic N) is 4. The smallest absolute Gasteiger partial charge is 0.284 e. The first-order valence-electron chi connectivity index (χ1n) is 9.76. The number of benzene rings is 2. The average Bonchev–Trinajstić information content (AvgIpc) is 3.47. The average molecular weight is 432 g/mol. The number of ether oxygens (including phenoxy) is 2. The molecule has 0 fully saturated rings. The van der Waals surface area contributed by atoms with Crippen LogP contribution < -0.4 is 14.5 Å². The normalized spacial score (nSPS) is 17.6. The Balaban J connectivity index is 1.33. The van der Waals surface area contributed by atoms with Gasteiger partial charge in [-0.3, -0.25) is 9.59 Å². The number of fused-ring (bicyclic) bond motifs is 3. The summed E-state index contributed by atoms with van der Waals surface area (Å²) in [6, 6.07) is 13.3. The van der Waals surface area contributed by atoms with Gasteiger partial charge in [0.15, 0.2) is 11.5 Å². The minimum atomic E-state index is -0.255. The van der Waals surface area contributed by atoms with Crippen molar-refractivity contribution < 1.29 is 19.1 Å². The second kappa shape index (κ2) is 6.64. The highest BCUT2D eigenvalue weighted by Gasteiger charge is 2.41. The Morgan fingerprint density at radius 3 is 2.81 bits per heavy atom. The van der Waals surface area contributed by atoms with Gasteiger partial charge in [0.1, 0.15) is 0 Å². The maximum atomic E-state index is 13.2. The van der Waals surface area contributed by atoms with Crippen LogP contribution in [-0.2, 0) is 16.1 Å². The van der Waals surface area contributed by atoms with Crippen LogP contribution in [-0.4, -0.2) is 34.2 Å². The van der Waals surface area contributed by atoms with Crippen LogP contribution in [0.3, 0.4) is 0 Å². The molecule has 2 aromatic carbocycles. The van der Waals surface area contributed by atoms with Gasteiger partial charge in [-0.1, -0.05) is 29.5 Å². The second-order valence-corrected chi connectivity index (χ2v) is 8.44. The van der Waals surface area contributed by atoms with Gasteiger partial charge in [-0.2, -0.15) is 10.1 Å². The number of amides is 2. The molecule has 3 aromatic rings. The molecular formula is C22H16N4O4S. The van der Waals surface area contributed by atoms with Crippen molar-refractivity contribution in [3.63, 3.8) is 0 Å². The molecule has 0 bridgehead atoms. The summed E-state index contributed by atoms with van der Waals surface area (Å²) in [6.45, 7) is 2.32. The maximum absolute atomic E-state index is 13.2. The van der Waals surface area contributed by atoms with Crippen molar-refractivity contribution in [3.8, 4) is 11.5 Å². The zero-order valence-corrected chi connectivity index (χ0v) is 17.3. The molecule has 0 saturated heterocycles. The molecule has 154 valence electrons. The van der Waals surface area contributed by atoms with E-state index in [4.69, 9.17) is 9.47 Å². The standard InChI is InChI=1S/C22H16N4O4S/c1-12-20-15(24-26(21(20)28)22-23-14-4-2-3-5-18(14)31-22)9-19(27)25(12)10-13-6-7-16-17(8-13)30-11-29-16/h2-8H,9-11H2,1H3. The molecule has 0 spiro atoms. The second-order valence-electron chi connectivity index (χ2n) is 7.43. The SMILES string of the molecule is CC1=C2C(=O)N(c3nc4ccccc4s3)N=C2CC(=O)N1Cc1ccc2c(c1)OCO2. The number of anilines is 1. The molecule has 0 atom stereocenters. The van der Waals surface area contributed by atoms with Crippen LogP contribution in [0.5, 0.6) is 11.5 Å². The van der Waals surface area contributed by atoms with Crippen LogP contribution in [0.4, 0.5) is 5.13 Å². The first-order chi connectivity index (χ1) is 15.1. The van der Waals surface area contributed by atoms with E-state index >= 15 is 0 Å². The maximum Gasteiger partial charge on any atom is 0.284 e. The molecule has 8 nitrogen and oxygen atoms in total. The third-order valence-corrected chi connectivity index (χ3v) is 6.56. The van der Waals surface area contributed by atoms with E-state index in [0.29, 0.717) is 40.2 Å². The van der Waals surface area contributed by atoms with Gasteiger partial charge in [0.05, 0.1) is 34.5 Å².